The quantitative estimate of drug-likeness (QED) is 0.613. The van der Waals surface area contributed by atoms with Gasteiger partial charge in [0.1, 0.15) is 0 Å². The van der Waals surface area contributed by atoms with Gasteiger partial charge in [-0.1, -0.05) is 63.2 Å². The molecule has 7 atom stereocenters. The van der Waals surface area contributed by atoms with Crippen LogP contribution in [0.25, 0.3) is 0 Å². The van der Waals surface area contributed by atoms with Crippen LogP contribution in [0.2, 0.25) is 18.6 Å². The van der Waals surface area contributed by atoms with E-state index in [2.05, 4.69) is 50.3 Å². The van der Waals surface area contributed by atoms with E-state index in [-0.39, 0.29) is 0 Å². The van der Waals surface area contributed by atoms with Gasteiger partial charge in [-0.3, -0.25) is 0 Å². The van der Waals surface area contributed by atoms with E-state index in [1.807, 2.05) is 0 Å². The van der Waals surface area contributed by atoms with Crippen LogP contribution in [0.1, 0.15) is 50.5 Å². The Balaban J connectivity index is 1.72. The van der Waals surface area contributed by atoms with Crippen LogP contribution in [0.5, 0.6) is 0 Å². The summed E-state index contributed by atoms with van der Waals surface area (Å²) in [5, 5.41) is 0. The molecule has 0 saturated heterocycles. The molecule has 0 radical (unpaired) electrons. The number of hydrogen-bond acceptors (Lipinski definition) is 0. The van der Waals surface area contributed by atoms with Crippen LogP contribution in [0.4, 0.5) is 0 Å². The smallest absolute Gasteiger partial charge is 0.0343 e. The van der Waals surface area contributed by atoms with Crippen LogP contribution in [-0.4, -0.2) is 8.80 Å². The second-order valence-electron chi connectivity index (χ2n) is 8.89. The third kappa shape index (κ3) is 2.31. The number of hydrogen-bond donors (Lipinski definition) is 0. The second-order valence-corrected chi connectivity index (χ2v) is 12.1. The van der Waals surface area contributed by atoms with Crippen molar-refractivity contribution in [3.05, 3.63) is 35.9 Å². The van der Waals surface area contributed by atoms with E-state index in [4.69, 9.17) is 0 Å². The fourth-order valence-corrected chi connectivity index (χ4v) is 9.94. The maximum absolute atomic E-state index is 2.61. The number of fused-ring (bicyclic) bond motifs is 2. The van der Waals surface area contributed by atoms with Gasteiger partial charge in [-0.15, -0.1) is 0 Å². The Bertz CT molecular complexity index is 508. The Kier molecular flexibility index (Phi) is 3.96. The lowest BCUT2D eigenvalue weighted by atomic mass is 9.62. The summed E-state index contributed by atoms with van der Waals surface area (Å²) in [4.78, 5) is 0. The lowest BCUT2D eigenvalue weighted by molar-refractivity contribution is 0.122. The van der Waals surface area contributed by atoms with E-state index >= 15 is 0 Å². The molecule has 1 heteroatoms. The van der Waals surface area contributed by atoms with Gasteiger partial charge < -0.3 is 0 Å². The van der Waals surface area contributed by atoms with Crippen molar-refractivity contribution >= 4 is 8.80 Å². The first-order chi connectivity index (χ1) is 10.7. The van der Waals surface area contributed by atoms with Crippen LogP contribution < -0.4 is 0 Å². The molecule has 0 amide bonds. The van der Waals surface area contributed by atoms with Crippen molar-refractivity contribution in [1.29, 1.82) is 0 Å². The normalized spacial score (nSPS) is 44.1. The summed E-state index contributed by atoms with van der Waals surface area (Å²) in [6.45, 7) is 7.80. The molecule has 0 nitrogen and oxygen atoms in total. The highest BCUT2D eigenvalue weighted by atomic mass is 28.3. The summed E-state index contributed by atoms with van der Waals surface area (Å²) >= 11 is 0. The first kappa shape index (κ1) is 15.0. The zero-order valence-electron chi connectivity index (χ0n) is 14.5. The average Bonchev–Trinajstić information content (AvgIpc) is 3.08. The third-order valence-corrected chi connectivity index (χ3v) is 10.2. The average molecular weight is 313 g/mol. The summed E-state index contributed by atoms with van der Waals surface area (Å²) in [6, 6.07) is 11.6. The van der Waals surface area contributed by atoms with Gasteiger partial charge in [-0.25, -0.2) is 0 Å². The van der Waals surface area contributed by atoms with Gasteiger partial charge in [0.25, 0.3) is 0 Å². The SMILES string of the molecule is CC1CC2C(CC3CCCC3C2c2ccccc2)C1[SiH](C)C. The molecule has 0 heterocycles. The zero-order chi connectivity index (χ0) is 15.3. The number of rotatable bonds is 2. The molecule has 3 aliphatic rings. The van der Waals surface area contributed by atoms with Crippen molar-refractivity contribution in [3.8, 4) is 0 Å². The zero-order valence-corrected chi connectivity index (χ0v) is 15.7. The van der Waals surface area contributed by atoms with Crippen molar-refractivity contribution in [2.24, 2.45) is 29.6 Å². The minimum Gasteiger partial charge on any atom is -0.0720 e. The molecule has 0 aliphatic heterocycles. The Morgan fingerprint density at radius 3 is 2.41 bits per heavy atom. The molecule has 7 unspecified atom stereocenters. The molecule has 1 aromatic carbocycles. The van der Waals surface area contributed by atoms with Crippen molar-refractivity contribution in [3.63, 3.8) is 0 Å². The lowest BCUT2D eigenvalue weighted by Gasteiger charge is -2.45. The van der Waals surface area contributed by atoms with Gasteiger partial charge in [-0.05, 0) is 65.9 Å². The largest absolute Gasteiger partial charge is 0.0720 e. The van der Waals surface area contributed by atoms with Gasteiger partial charge in [0.05, 0.1) is 0 Å². The van der Waals surface area contributed by atoms with Crippen molar-refractivity contribution in [1.82, 2.24) is 0 Å². The Morgan fingerprint density at radius 1 is 0.909 bits per heavy atom. The Morgan fingerprint density at radius 2 is 1.68 bits per heavy atom. The summed E-state index contributed by atoms with van der Waals surface area (Å²) in [6.07, 6.45) is 7.63. The maximum Gasteiger partial charge on any atom is 0.0343 e. The van der Waals surface area contributed by atoms with E-state index in [1.165, 1.54) is 25.7 Å². The van der Waals surface area contributed by atoms with Crippen LogP contribution >= 0.6 is 0 Å². The fraction of sp³-hybridized carbons (Fsp3) is 0.714. The van der Waals surface area contributed by atoms with E-state index in [1.54, 1.807) is 12.0 Å². The molecule has 0 spiro atoms. The highest BCUT2D eigenvalue weighted by molar-refractivity contribution is 6.57. The predicted molar refractivity (Wildman–Crippen MR) is 98.0 cm³/mol. The topological polar surface area (TPSA) is 0 Å². The Hall–Kier alpha value is -0.563. The third-order valence-electron chi connectivity index (χ3n) is 7.51. The first-order valence-electron chi connectivity index (χ1n) is 9.71. The van der Waals surface area contributed by atoms with Crippen LogP contribution in [0.3, 0.4) is 0 Å². The molecule has 1 aromatic rings. The van der Waals surface area contributed by atoms with Crippen LogP contribution in [0.15, 0.2) is 30.3 Å². The summed E-state index contributed by atoms with van der Waals surface area (Å²) < 4.78 is 0. The molecule has 3 aliphatic carbocycles. The number of benzene rings is 1. The van der Waals surface area contributed by atoms with Crippen molar-refractivity contribution < 1.29 is 0 Å². The van der Waals surface area contributed by atoms with Gasteiger partial charge in [0.15, 0.2) is 0 Å². The minimum atomic E-state index is -0.534. The molecule has 0 N–H and O–H groups in total. The molecule has 22 heavy (non-hydrogen) atoms. The first-order valence-corrected chi connectivity index (χ1v) is 12.7. The monoisotopic (exact) mass is 312 g/mol. The molecule has 4 rings (SSSR count). The molecule has 3 saturated carbocycles. The molecule has 120 valence electrons. The van der Waals surface area contributed by atoms with Crippen molar-refractivity contribution in [2.45, 2.75) is 63.6 Å². The van der Waals surface area contributed by atoms with Gasteiger partial charge in [0.2, 0.25) is 0 Å². The molecular formula is C21H32Si. The van der Waals surface area contributed by atoms with Crippen molar-refractivity contribution in [2.75, 3.05) is 0 Å². The summed E-state index contributed by atoms with van der Waals surface area (Å²) in [5.74, 6) is 5.98. The van der Waals surface area contributed by atoms with Gasteiger partial charge in [-0.2, -0.15) is 0 Å². The molecule has 0 bridgehead atoms. The highest BCUT2D eigenvalue weighted by Crippen LogP contribution is 2.63. The standard InChI is InChI=1S/C21H32Si/c1-14-12-18-19(21(14)22(2)3)13-16-10-7-11-17(16)20(18)15-8-5-4-6-9-15/h4-6,8-9,14,16-22H,7,10-13H2,1-3H3. The van der Waals surface area contributed by atoms with Crippen LogP contribution in [-0.2, 0) is 0 Å². The highest BCUT2D eigenvalue weighted by Gasteiger charge is 2.53. The molecular weight excluding hydrogens is 280 g/mol. The van der Waals surface area contributed by atoms with E-state index in [0.29, 0.717) is 0 Å². The predicted octanol–water partition coefficient (Wildman–Crippen LogP) is 5.72. The Labute approximate surface area is 138 Å². The lowest BCUT2D eigenvalue weighted by Crippen LogP contribution is -2.36. The fourth-order valence-electron chi connectivity index (χ4n) is 7.03. The van der Waals surface area contributed by atoms with E-state index in [0.717, 1.165) is 41.0 Å². The van der Waals surface area contributed by atoms with Gasteiger partial charge in [0, 0.05) is 8.80 Å². The maximum atomic E-state index is 2.61. The van der Waals surface area contributed by atoms with Gasteiger partial charge >= 0.3 is 0 Å². The second kappa shape index (κ2) is 5.82. The minimum absolute atomic E-state index is 0.534. The summed E-state index contributed by atoms with van der Waals surface area (Å²) in [5.41, 5.74) is 2.78. The van der Waals surface area contributed by atoms with Crippen LogP contribution in [0, 0.1) is 29.6 Å². The molecule has 3 fully saturated rings. The van der Waals surface area contributed by atoms with E-state index in [9.17, 15) is 0 Å². The summed E-state index contributed by atoms with van der Waals surface area (Å²) in [7, 11) is -0.534. The van der Waals surface area contributed by atoms with E-state index < -0.39 is 8.80 Å². The molecule has 0 aromatic heterocycles.